The van der Waals surface area contributed by atoms with Crippen LogP contribution in [-0.4, -0.2) is 25.9 Å². The molecule has 0 radical (unpaired) electrons. The second-order valence-corrected chi connectivity index (χ2v) is 3.73. The number of hydrogen-bond acceptors (Lipinski definition) is 2. The topological polar surface area (TPSA) is 21.8 Å². The summed E-state index contributed by atoms with van der Waals surface area (Å²) in [6.45, 7) is 6.10. The number of epoxide rings is 1. The van der Waals surface area contributed by atoms with E-state index < -0.39 is 0 Å². The first-order valence-corrected chi connectivity index (χ1v) is 5.29. The van der Waals surface area contributed by atoms with Crippen molar-refractivity contribution in [1.29, 1.82) is 0 Å². The Labute approximate surface area is 90.5 Å². The second kappa shape index (κ2) is 5.10. The molecule has 1 saturated heterocycles. The predicted octanol–water partition coefficient (Wildman–Crippen LogP) is 2.29. The Hall–Kier alpha value is -1.12. The van der Waals surface area contributed by atoms with Crippen molar-refractivity contribution in [3.8, 4) is 0 Å². The summed E-state index contributed by atoms with van der Waals surface area (Å²) in [5, 5.41) is 0. The minimum Gasteiger partial charge on any atom is -0.378 e. The predicted molar refractivity (Wildman–Crippen MR) is 60.8 cm³/mol. The summed E-state index contributed by atoms with van der Waals surface area (Å²) in [6, 6.07) is 8.39. The second-order valence-electron chi connectivity index (χ2n) is 3.73. The van der Waals surface area contributed by atoms with Crippen LogP contribution in [-0.2, 0) is 15.9 Å². The Morgan fingerprint density at radius 1 is 1.40 bits per heavy atom. The van der Waals surface area contributed by atoms with Gasteiger partial charge in [-0.1, -0.05) is 36.9 Å². The third-order valence-corrected chi connectivity index (χ3v) is 2.46. The SMILES string of the molecule is C=Cc1ccc(CCOCC2CO2)cc1. The smallest absolute Gasteiger partial charge is 0.104 e. The van der Waals surface area contributed by atoms with E-state index in [9.17, 15) is 0 Å². The zero-order valence-corrected chi connectivity index (χ0v) is 8.82. The first-order chi connectivity index (χ1) is 7.38. The molecule has 1 atom stereocenters. The lowest BCUT2D eigenvalue weighted by Crippen LogP contribution is -2.04. The Kier molecular flexibility index (Phi) is 3.54. The number of ether oxygens (including phenoxy) is 2. The van der Waals surface area contributed by atoms with Crippen LogP contribution >= 0.6 is 0 Å². The first-order valence-electron chi connectivity index (χ1n) is 5.29. The van der Waals surface area contributed by atoms with Crippen molar-refractivity contribution in [2.45, 2.75) is 12.5 Å². The van der Waals surface area contributed by atoms with Crippen LogP contribution < -0.4 is 0 Å². The molecular weight excluding hydrogens is 188 g/mol. The molecule has 2 nitrogen and oxygen atoms in total. The van der Waals surface area contributed by atoms with Crippen LogP contribution in [0.25, 0.3) is 6.08 Å². The van der Waals surface area contributed by atoms with Crippen molar-refractivity contribution >= 4 is 6.08 Å². The van der Waals surface area contributed by atoms with Gasteiger partial charge in [0.2, 0.25) is 0 Å². The van der Waals surface area contributed by atoms with E-state index in [2.05, 4.69) is 30.8 Å². The minimum absolute atomic E-state index is 0.369. The van der Waals surface area contributed by atoms with Gasteiger partial charge in [0.05, 0.1) is 19.8 Å². The molecule has 1 aliphatic heterocycles. The molecule has 0 spiro atoms. The summed E-state index contributed by atoms with van der Waals surface area (Å²) in [4.78, 5) is 0. The summed E-state index contributed by atoms with van der Waals surface area (Å²) in [6.07, 6.45) is 3.18. The summed E-state index contributed by atoms with van der Waals surface area (Å²) in [7, 11) is 0. The summed E-state index contributed by atoms with van der Waals surface area (Å²) < 4.78 is 10.5. The monoisotopic (exact) mass is 204 g/mol. The van der Waals surface area contributed by atoms with Crippen LogP contribution in [0.15, 0.2) is 30.8 Å². The number of rotatable bonds is 6. The average molecular weight is 204 g/mol. The van der Waals surface area contributed by atoms with Gasteiger partial charge in [0.15, 0.2) is 0 Å². The Morgan fingerprint density at radius 2 is 2.13 bits per heavy atom. The molecule has 0 saturated carbocycles. The molecule has 2 rings (SSSR count). The standard InChI is InChI=1S/C13H16O2/c1-2-11-3-5-12(6-4-11)7-8-14-9-13-10-15-13/h2-6,13H,1,7-10H2. The van der Waals surface area contributed by atoms with Gasteiger partial charge in [0.1, 0.15) is 6.10 Å². The van der Waals surface area contributed by atoms with Crippen molar-refractivity contribution in [1.82, 2.24) is 0 Å². The largest absolute Gasteiger partial charge is 0.378 e. The molecule has 80 valence electrons. The molecule has 1 aromatic carbocycles. The van der Waals surface area contributed by atoms with E-state index in [1.807, 2.05) is 6.08 Å². The molecule has 0 amide bonds. The minimum atomic E-state index is 0.369. The van der Waals surface area contributed by atoms with Crippen molar-refractivity contribution in [2.24, 2.45) is 0 Å². The highest BCUT2D eigenvalue weighted by Gasteiger charge is 2.21. The third kappa shape index (κ3) is 3.50. The van der Waals surface area contributed by atoms with Crippen LogP contribution in [0, 0.1) is 0 Å². The maximum Gasteiger partial charge on any atom is 0.104 e. The van der Waals surface area contributed by atoms with Gasteiger partial charge in [-0.15, -0.1) is 0 Å². The lowest BCUT2D eigenvalue weighted by Gasteiger charge is -2.03. The van der Waals surface area contributed by atoms with E-state index >= 15 is 0 Å². The van der Waals surface area contributed by atoms with Gasteiger partial charge >= 0.3 is 0 Å². The zero-order chi connectivity index (χ0) is 10.5. The van der Waals surface area contributed by atoms with Crippen molar-refractivity contribution in [2.75, 3.05) is 19.8 Å². The molecule has 1 unspecified atom stereocenters. The van der Waals surface area contributed by atoms with Crippen LogP contribution in [0.5, 0.6) is 0 Å². The normalized spacial score (nSPS) is 18.8. The fraction of sp³-hybridized carbons (Fsp3) is 0.385. The van der Waals surface area contributed by atoms with Crippen molar-refractivity contribution in [3.05, 3.63) is 42.0 Å². The molecule has 0 N–H and O–H groups in total. The summed E-state index contributed by atoms with van der Waals surface area (Å²) in [5.74, 6) is 0. The molecule has 1 heterocycles. The average Bonchev–Trinajstić information content (AvgIpc) is 3.09. The summed E-state index contributed by atoms with van der Waals surface area (Å²) in [5.41, 5.74) is 2.46. The number of hydrogen-bond donors (Lipinski definition) is 0. The van der Waals surface area contributed by atoms with Gasteiger partial charge in [-0.05, 0) is 17.5 Å². The quantitative estimate of drug-likeness (QED) is 0.524. The maximum absolute atomic E-state index is 5.47. The van der Waals surface area contributed by atoms with E-state index in [-0.39, 0.29) is 0 Å². The van der Waals surface area contributed by atoms with E-state index in [1.54, 1.807) is 0 Å². The highest BCUT2D eigenvalue weighted by molar-refractivity contribution is 5.47. The van der Waals surface area contributed by atoms with E-state index in [0.29, 0.717) is 6.10 Å². The molecule has 0 bridgehead atoms. The molecule has 2 heteroatoms. The molecular formula is C13H16O2. The van der Waals surface area contributed by atoms with Gasteiger partial charge in [0, 0.05) is 0 Å². The molecule has 0 aromatic heterocycles. The van der Waals surface area contributed by atoms with Crippen LogP contribution in [0.3, 0.4) is 0 Å². The van der Waals surface area contributed by atoms with Gasteiger partial charge in [0.25, 0.3) is 0 Å². The molecule has 15 heavy (non-hydrogen) atoms. The lowest BCUT2D eigenvalue weighted by molar-refractivity contribution is 0.119. The van der Waals surface area contributed by atoms with E-state index in [4.69, 9.17) is 9.47 Å². The Balaban J connectivity index is 1.69. The lowest BCUT2D eigenvalue weighted by atomic mass is 10.1. The summed E-state index contributed by atoms with van der Waals surface area (Å²) >= 11 is 0. The van der Waals surface area contributed by atoms with Crippen molar-refractivity contribution < 1.29 is 9.47 Å². The van der Waals surface area contributed by atoms with E-state index in [1.165, 1.54) is 5.56 Å². The molecule has 0 aliphatic carbocycles. The van der Waals surface area contributed by atoms with Gasteiger partial charge < -0.3 is 9.47 Å². The maximum atomic E-state index is 5.47. The third-order valence-electron chi connectivity index (χ3n) is 2.46. The van der Waals surface area contributed by atoms with Crippen molar-refractivity contribution in [3.63, 3.8) is 0 Å². The van der Waals surface area contributed by atoms with Crippen LogP contribution in [0.1, 0.15) is 11.1 Å². The highest BCUT2D eigenvalue weighted by Crippen LogP contribution is 2.09. The Bertz CT molecular complexity index is 312. The Morgan fingerprint density at radius 3 is 2.73 bits per heavy atom. The van der Waals surface area contributed by atoms with E-state index in [0.717, 1.165) is 31.8 Å². The fourth-order valence-corrected chi connectivity index (χ4v) is 1.39. The van der Waals surface area contributed by atoms with Crippen LogP contribution in [0.4, 0.5) is 0 Å². The van der Waals surface area contributed by atoms with Gasteiger partial charge in [-0.2, -0.15) is 0 Å². The van der Waals surface area contributed by atoms with Crippen LogP contribution in [0.2, 0.25) is 0 Å². The first kappa shape index (κ1) is 10.4. The molecule has 1 fully saturated rings. The number of benzene rings is 1. The fourth-order valence-electron chi connectivity index (χ4n) is 1.39. The van der Waals surface area contributed by atoms with Gasteiger partial charge in [-0.25, -0.2) is 0 Å². The highest BCUT2D eigenvalue weighted by atomic mass is 16.6. The van der Waals surface area contributed by atoms with Gasteiger partial charge in [-0.3, -0.25) is 0 Å². The molecule has 1 aliphatic rings. The zero-order valence-electron chi connectivity index (χ0n) is 8.82. The molecule has 1 aromatic rings.